The molecule has 0 fully saturated rings. The van der Waals surface area contributed by atoms with Gasteiger partial charge in [-0.05, 0) is 40.3 Å². The van der Waals surface area contributed by atoms with Crippen molar-refractivity contribution in [2.75, 3.05) is 6.61 Å². The number of benzene rings is 1. The van der Waals surface area contributed by atoms with Gasteiger partial charge in [0.05, 0.1) is 0 Å². The van der Waals surface area contributed by atoms with Gasteiger partial charge in [-0.1, -0.05) is 24.8 Å². The molecule has 0 aliphatic heterocycles. The largest absolute Gasteiger partial charge is 0.479 e. The monoisotopic (exact) mass is 361 g/mol. The number of ether oxygens (including phenoxy) is 1. The standard InChI is InChI=1S/C12H12INO4/c1-2-6-18-12(17)14-10(11(15)16)8-4-3-5-9(13)7-8/h2-5,7,10H,1,6H2,(H,14,17)(H,15,16). The normalized spacial score (nSPS) is 11.4. The van der Waals surface area contributed by atoms with E-state index in [0.29, 0.717) is 5.56 Å². The number of carboxylic acids is 1. The molecule has 0 aromatic heterocycles. The van der Waals surface area contributed by atoms with Crippen LogP contribution in [-0.2, 0) is 9.53 Å². The third kappa shape index (κ3) is 4.36. The van der Waals surface area contributed by atoms with Gasteiger partial charge < -0.3 is 15.2 Å². The van der Waals surface area contributed by atoms with Crippen LogP contribution in [-0.4, -0.2) is 23.8 Å². The Morgan fingerprint density at radius 3 is 2.83 bits per heavy atom. The van der Waals surface area contributed by atoms with Crippen molar-refractivity contribution in [1.29, 1.82) is 0 Å². The second kappa shape index (κ2) is 7.00. The summed E-state index contributed by atoms with van der Waals surface area (Å²) in [7, 11) is 0. The molecule has 1 aromatic rings. The Hall–Kier alpha value is -1.57. The van der Waals surface area contributed by atoms with Gasteiger partial charge in [-0.25, -0.2) is 9.59 Å². The molecule has 96 valence electrons. The summed E-state index contributed by atoms with van der Waals surface area (Å²) >= 11 is 2.07. The van der Waals surface area contributed by atoms with Gasteiger partial charge >= 0.3 is 12.1 Å². The van der Waals surface area contributed by atoms with Crippen molar-refractivity contribution in [1.82, 2.24) is 5.32 Å². The highest BCUT2D eigenvalue weighted by molar-refractivity contribution is 14.1. The second-order valence-corrected chi connectivity index (χ2v) is 4.60. The van der Waals surface area contributed by atoms with Crippen molar-refractivity contribution in [2.45, 2.75) is 6.04 Å². The van der Waals surface area contributed by atoms with Gasteiger partial charge in [-0.3, -0.25) is 0 Å². The van der Waals surface area contributed by atoms with Crippen LogP contribution in [0.5, 0.6) is 0 Å². The molecular weight excluding hydrogens is 349 g/mol. The van der Waals surface area contributed by atoms with Gasteiger partial charge in [0.25, 0.3) is 0 Å². The van der Waals surface area contributed by atoms with Crippen molar-refractivity contribution < 1.29 is 19.4 Å². The minimum absolute atomic E-state index is 0.0322. The summed E-state index contributed by atoms with van der Waals surface area (Å²) in [6, 6.07) is 5.75. The minimum Gasteiger partial charge on any atom is -0.479 e. The number of aliphatic carboxylic acids is 1. The average molecular weight is 361 g/mol. The summed E-state index contributed by atoms with van der Waals surface area (Å²) in [6.07, 6.45) is 0.613. The predicted octanol–water partition coefficient (Wildman–Crippen LogP) is 2.33. The summed E-state index contributed by atoms with van der Waals surface area (Å²) in [5.41, 5.74) is 0.491. The Labute approximate surface area is 118 Å². The van der Waals surface area contributed by atoms with Crippen molar-refractivity contribution in [2.24, 2.45) is 0 Å². The highest BCUT2D eigenvalue weighted by Gasteiger charge is 2.22. The maximum Gasteiger partial charge on any atom is 0.408 e. The Bertz CT molecular complexity index is 461. The van der Waals surface area contributed by atoms with E-state index in [1.165, 1.54) is 6.08 Å². The number of alkyl carbamates (subject to hydrolysis) is 1. The van der Waals surface area contributed by atoms with Crippen molar-refractivity contribution in [3.8, 4) is 0 Å². The molecule has 1 unspecified atom stereocenters. The van der Waals surface area contributed by atoms with Crippen LogP contribution in [0, 0.1) is 3.57 Å². The Morgan fingerprint density at radius 1 is 1.56 bits per heavy atom. The first-order chi connectivity index (χ1) is 8.54. The average Bonchev–Trinajstić information content (AvgIpc) is 2.33. The number of carboxylic acid groups (broad SMARTS) is 1. The van der Waals surface area contributed by atoms with Crippen molar-refractivity contribution >= 4 is 34.7 Å². The minimum atomic E-state index is -1.15. The molecule has 18 heavy (non-hydrogen) atoms. The van der Waals surface area contributed by atoms with Gasteiger partial charge in [0.1, 0.15) is 6.61 Å². The lowest BCUT2D eigenvalue weighted by Crippen LogP contribution is -2.34. The Balaban J connectivity index is 2.80. The first-order valence-electron chi connectivity index (χ1n) is 5.07. The summed E-state index contributed by atoms with van der Waals surface area (Å²) in [4.78, 5) is 22.5. The first-order valence-corrected chi connectivity index (χ1v) is 6.15. The molecule has 6 heteroatoms. The summed E-state index contributed by atoms with van der Waals surface area (Å²) in [5, 5.41) is 11.4. The fraction of sp³-hybridized carbons (Fsp3) is 0.167. The van der Waals surface area contributed by atoms with E-state index in [2.05, 4.69) is 34.5 Å². The molecular formula is C12H12INO4. The van der Waals surface area contributed by atoms with Crippen LogP contribution < -0.4 is 5.32 Å². The van der Waals surface area contributed by atoms with Crippen molar-refractivity contribution in [3.05, 3.63) is 46.1 Å². The second-order valence-electron chi connectivity index (χ2n) is 3.36. The molecule has 5 nitrogen and oxygen atoms in total. The van der Waals surface area contributed by atoms with E-state index in [1.54, 1.807) is 18.2 Å². The van der Waals surface area contributed by atoms with Crippen LogP contribution in [0.3, 0.4) is 0 Å². The van der Waals surface area contributed by atoms with Gasteiger partial charge in [0, 0.05) is 3.57 Å². The van der Waals surface area contributed by atoms with Gasteiger partial charge in [-0.15, -0.1) is 0 Å². The predicted molar refractivity (Wildman–Crippen MR) is 74.2 cm³/mol. The Kier molecular flexibility index (Phi) is 5.63. The van der Waals surface area contributed by atoms with Crippen molar-refractivity contribution in [3.63, 3.8) is 0 Å². The molecule has 1 rings (SSSR count). The number of halogens is 1. The molecule has 0 radical (unpaired) electrons. The van der Waals surface area contributed by atoms with Crippen LogP contribution in [0.25, 0.3) is 0 Å². The van der Waals surface area contributed by atoms with Crippen LogP contribution >= 0.6 is 22.6 Å². The van der Waals surface area contributed by atoms with E-state index >= 15 is 0 Å². The zero-order valence-corrected chi connectivity index (χ0v) is 11.6. The quantitative estimate of drug-likeness (QED) is 0.624. The molecule has 0 spiro atoms. The number of rotatable bonds is 5. The zero-order chi connectivity index (χ0) is 13.5. The number of hydrogen-bond acceptors (Lipinski definition) is 3. The van der Waals surface area contributed by atoms with Crippen LogP contribution in [0.2, 0.25) is 0 Å². The molecule has 0 bridgehead atoms. The van der Waals surface area contributed by atoms with E-state index in [0.717, 1.165) is 3.57 Å². The smallest absolute Gasteiger partial charge is 0.408 e. The molecule has 0 heterocycles. The summed E-state index contributed by atoms with van der Waals surface area (Å²) in [6.45, 7) is 3.43. The SMILES string of the molecule is C=CCOC(=O)NC(C(=O)O)c1cccc(I)c1. The fourth-order valence-corrected chi connectivity index (χ4v) is 1.84. The number of hydrogen-bond donors (Lipinski definition) is 2. The molecule has 1 atom stereocenters. The zero-order valence-electron chi connectivity index (χ0n) is 9.43. The van der Waals surface area contributed by atoms with E-state index in [9.17, 15) is 9.59 Å². The van der Waals surface area contributed by atoms with Crippen LogP contribution in [0.1, 0.15) is 11.6 Å². The third-order valence-electron chi connectivity index (χ3n) is 2.02. The first kappa shape index (κ1) is 14.5. The van der Waals surface area contributed by atoms with Gasteiger partial charge in [-0.2, -0.15) is 0 Å². The summed E-state index contributed by atoms with van der Waals surface area (Å²) in [5.74, 6) is -1.15. The molecule has 0 saturated carbocycles. The van der Waals surface area contributed by atoms with E-state index < -0.39 is 18.1 Å². The molecule has 0 saturated heterocycles. The lowest BCUT2D eigenvalue weighted by molar-refractivity contribution is -0.139. The Morgan fingerprint density at radius 2 is 2.28 bits per heavy atom. The maximum atomic E-state index is 11.3. The number of amides is 1. The molecule has 0 aliphatic rings. The molecule has 1 amide bonds. The number of carbonyl (C=O) groups excluding carboxylic acids is 1. The highest BCUT2D eigenvalue weighted by atomic mass is 127. The third-order valence-corrected chi connectivity index (χ3v) is 2.69. The van der Waals surface area contributed by atoms with E-state index in [4.69, 9.17) is 9.84 Å². The van der Waals surface area contributed by atoms with E-state index in [1.807, 2.05) is 6.07 Å². The topological polar surface area (TPSA) is 75.6 Å². The molecule has 1 aromatic carbocycles. The number of nitrogens with one attached hydrogen (secondary N) is 1. The van der Waals surface area contributed by atoms with Crippen LogP contribution in [0.4, 0.5) is 4.79 Å². The molecule has 0 aliphatic carbocycles. The van der Waals surface area contributed by atoms with E-state index in [-0.39, 0.29) is 6.61 Å². The van der Waals surface area contributed by atoms with Gasteiger partial charge in [0.2, 0.25) is 0 Å². The van der Waals surface area contributed by atoms with Crippen LogP contribution in [0.15, 0.2) is 36.9 Å². The molecule has 2 N–H and O–H groups in total. The highest BCUT2D eigenvalue weighted by Crippen LogP contribution is 2.16. The lowest BCUT2D eigenvalue weighted by Gasteiger charge is -2.14. The lowest BCUT2D eigenvalue weighted by atomic mass is 10.1. The maximum absolute atomic E-state index is 11.3. The summed E-state index contributed by atoms with van der Waals surface area (Å²) < 4.78 is 5.58. The van der Waals surface area contributed by atoms with Gasteiger partial charge in [0.15, 0.2) is 6.04 Å². The fourth-order valence-electron chi connectivity index (χ4n) is 1.27. The number of carbonyl (C=O) groups is 2.